The van der Waals surface area contributed by atoms with Crippen molar-refractivity contribution in [1.82, 2.24) is 0 Å². The van der Waals surface area contributed by atoms with Crippen LogP contribution in [-0.4, -0.2) is 143 Å². The first-order valence-electron chi connectivity index (χ1n) is 1.84. The molecule has 0 saturated carbocycles. The topological polar surface area (TPSA) is 221 Å². The van der Waals surface area contributed by atoms with E-state index < -0.39 is 27.5 Å². The Bertz CT molecular complexity index is 125. The van der Waals surface area contributed by atoms with Gasteiger partial charge in [-0.25, -0.2) is 0 Å². The predicted octanol–water partition coefficient (Wildman–Crippen LogP) is -12.1. The summed E-state index contributed by atoms with van der Waals surface area (Å²) in [5.74, 6) is 0. The summed E-state index contributed by atoms with van der Waals surface area (Å²) in [6.45, 7) is 0. The van der Waals surface area contributed by atoms with Gasteiger partial charge in [-0.15, -0.1) is 0 Å². The molecule has 0 rings (SSSR count). The summed E-state index contributed by atoms with van der Waals surface area (Å²) in [7, 11) is -10.9. The second-order valence-corrected chi connectivity index (χ2v) is 2.25. The summed E-state index contributed by atoms with van der Waals surface area (Å²) >= 11 is 0. The van der Waals surface area contributed by atoms with E-state index in [4.69, 9.17) is 42.2 Å². The summed E-state index contributed by atoms with van der Waals surface area (Å²) in [5, 5.41) is 0. The third-order valence-corrected chi connectivity index (χ3v) is 0. The molecule has 17 heavy (non-hydrogen) atoms. The van der Waals surface area contributed by atoms with Gasteiger partial charge in [0.15, 0.2) is 0 Å². The van der Waals surface area contributed by atoms with Crippen molar-refractivity contribution in [3.63, 3.8) is 0 Å². The Hall–Kier alpha value is 2.40. The van der Waals surface area contributed by atoms with Gasteiger partial charge in [0, 0.05) is 27.5 Å². The van der Waals surface area contributed by atoms with Crippen LogP contribution in [0.2, 0.25) is 0 Å². The Morgan fingerprint density at radius 1 is 0.529 bits per heavy atom. The summed E-state index contributed by atoms with van der Waals surface area (Å²) in [6, 6.07) is 0. The molecule has 0 aliphatic heterocycles. The van der Waals surface area contributed by atoms with E-state index in [-0.39, 0.29) is 116 Å². The number of hydrogen-bond donors (Lipinski definition) is 0. The van der Waals surface area contributed by atoms with Crippen LogP contribution < -0.4 is 28.8 Å². The van der Waals surface area contributed by atoms with Gasteiger partial charge in [0.1, 0.15) is 0 Å². The third kappa shape index (κ3) is 862. The summed E-state index contributed by atoms with van der Waals surface area (Å²) < 4.78 is 25.6. The molecule has 0 spiro atoms. The van der Waals surface area contributed by atoms with Crippen molar-refractivity contribution in [2.75, 3.05) is 0 Å². The monoisotopic (exact) mass is 384 g/mol. The molecule has 88 valence electrons. The van der Waals surface area contributed by atoms with Gasteiger partial charge in [-0.05, 0) is 0 Å². The first kappa shape index (κ1) is 50.5. The van der Waals surface area contributed by atoms with Gasteiger partial charge >= 0.3 is 110 Å². The maximum absolute atomic E-state index is 8.52. The molecule has 17 heteroatoms. The SMILES string of the molecule is O.O=[Si]([O-])[O-].O=[Si]([O-])[O-].O=[Si]([O-])[O-].[Al+3].[Al+3].[CaH2].[CaH2]. The van der Waals surface area contributed by atoms with Gasteiger partial charge < -0.3 is 47.6 Å². The van der Waals surface area contributed by atoms with Crippen molar-refractivity contribution in [2.45, 2.75) is 0 Å². The van der Waals surface area contributed by atoms with Gasteiger partial charge in [-0.3, -0.25) is 0 Å². The Morgan fingerprint density at radius 3 is 0.529 bits per heavy atom. The molecular weight excluding hydrogens is 378 g/mol. The van der Waals surface area contributed by atoms with E-state index in [1.165, 1.54) is 0 Å². The molecule has 0 aromatic rings. The van der Waals surface area contributed by atoms with E-state index >= 15 is 0 Å². The van der Waals surface area contributed by atoms with Gasteiger partial charge in [0.2, 0.25) is 0 Å². The normalized spacial score (nSPS) is 4.24. The molecule has 10 nitrogen and oxygen atoms in total. The van der Waals surface area contributed by atoms with Gasteiger partial charge in [-0.2, -0.15) is 0 Å². The van der Waals surface area contributed by atoms with E-state index in [1.54, 1.807) is 0 Å². The van der Waals surface area contributed by atoms with E-state index in [0.717, 1.165) is 0 Å². The molecule has 0 amide bonds. The van der Waals surface area contributed by atoms with Crippen LogP contribution in [0.1, 0.15) is 0 Å². The molecule has 0 aromatic carbocycles. The van der Waals surface area contributed by atoms with Crippen molar-refractivity contribution < 1.29 is 47.6 Å². The zero-order valence-corrected chi connectivity index (χ0v) is 12.1. The van der Waals surface area contributed by atoms with Crippen molar-refractivity contribution >= 4 is 138 Å². The van der Waals surface area contributed by atoms with Gasteiger partial charge in [0.05, 0.1) is 0 Å². The van der Waals surface area contributed by atoms with Gasteiger partial charge in [0.25, 0.3) is 0 Å². The Balaban J connectivity index is -0.0000000104. The summed E-state index contributed by atoms with van der Waals surface area (Å²) in [6.07, 6.45) is 0. The molecule has 0 aromatic heterocycles. The molecule has 0 aliphatic rings. The van der Waals surface area contributed by atoms with E-state index in [1.807, 2.05) is 0 Å². The van der Waals surface area contributed by atoms with Crippen LogP contribution in [0, 0.1) is 0 Å². The first-order valence-corrected chi connectivity index (χ1v) is 5.51. The molecule has 2 N–H and O–H groups in total. The summed E-state index contributed by atoms with van der Waals surface area (Å²) in [5.41, 5.74) is 0. The second-order valence-electron chi connectivity index (χ2n) is 0.750. The number of hydrogen-bond acceptors (Lipinski definition) is 9. The van der Waals surface area contributed by atoms with Crippen LogP contribution in [0.3, 0.4) is 0 Å². The Labute approximate surface area is 182 Å². The Kier molecular flexibility index (Phi) is 127. The zero-order valence-electron chi connectivity index (χ0n) is 6.83. The molecule has 0 heterocycles. The first-order chi connectivity index (χ1) is 5.20. The van der Waals surface area contributed by atoms with Crippen LogP contribution >= 0.6 is 0 Å². The molecule has 0 fully saturated rings. The standard InChI is InChI=1S/2Al.2Ca.3O3Si.H2O.4H/c;;;;3*1-4(2)3;;;;;/h;;;;;;;1H2;;;;/q2*+3;;;3*-2;;;;;. The van der Waals surface area contributed by atoms with Gasteiger partial charge in [-0.1, -0.05) is 0 Å². The van der Waals surface area contributed by atoms with Crippen LogP contribution in [-0.2, 0) is 13.4 Å². The number of rotatable bonds is 0. The van der Waals surface area contributed by atoms with E-state index in [2.05, 4.69) is 0 Å². The minimum atomic E-state index is -3.63. The fourth-order valence-electron chi connectivity index (χ4n) is 0. The minimum absolute atomic E-state index is 0. The molecular formula is H6Al2Ca2O10Si3. The average molecular weight is 384 g/mol. The second kappa shape index (κ2) is 42.9. The predicted molar refractivity (Wildman–Crippen MR) is 51.5 cm³/mol. The van der Waals surface area contributed by atoms with Crippen molar-refractivity contribution in [3.8, 4) is 0 Å². The quantitative estimate of drug-likeness (QED) is 0.361. The molecule has 0 atom stereocenters. The van der Waals surface area contributed by atoms with Crippen molar-refractivity contribution in [1.29, 1.82) is 0 Å². The summed E-state index contributed by atoms with van der Waals surface area (Å²) in [4.78, 5) is 51.1. The molecule has 0 bridgehead atoms. The van der Waals surface area contributed by atoms with E-state index in [9.17, 15) is 0 Å². The average Bonchev–Trinajstić information content (AvgIpc) is 1.54. The molecule has 0 unspecified atom stereocenters. The fraction of sp³-hybridized carbons (Fsp3) is 0. The van der Waals surface area contributed by atoms with Crippen molar-refractivity contribution in [3.05, 3.63) is 0 Å². The molecule has 0 saturated heterocycles. The Morgan fingerprint density at radius 2 is 0.529 bits per heavy atom. The van der Waals surface area contributed by atoms with Crippen LogP contribution in [0.15, 0.2) is 0 Å². The van der Waals surface area contributed by atoms with Crippen LogP contribution in [0.25, 0.3) is 0 Å². The van der Waals surface area contributed by atoms with E-state index in [0.29, 0.717) is 0 Å². The van der Waals surface area contributed by atoms with Crippen LogP contribution in [0.5, 0.6) is 0 Å². The molecule has 0 aliphatic carbocycles. The zero-order chi connectivity index (χ0) is 10.7. The van der Waals surface area contributed by atoms with Crippen molar-refractivity contribution in [2.24, 2.45) is 0 Å². The molecule has 0 radical (unpaired) electrons. The fourth-order valence-corrected chi connectivity index (χ4v) is 0. The third-order valence-electron chi connectivity index (χ3n) is 0. The maximum atomic E-state index is 8.52. The van der Waals surface area contributed by atoms with Crippen LogP contribution in [0.4, 0.5) is 0 Å².